The molecule has 8 heteroatoms. The lowest BCUT2D eigenvalue weighted by atomic mass is 10.2. The fourth-order valence-corrected chi connectivity index (χ4v) is 2.73. The average molecular weight is 398 g/mol. The third kappa shape index (κ3) is 4.66. The van der Waals surface area contributed by atoms with Gasteiger partial charge in [-0.1, -0.05) is 32.0 Å². The Morgan fingerprint density at radius 1 is 1.07 bits per heavy atom. The molecule has 29 heavy (non-hydrogen) atoms. The lowest BCUT2D eigenvalue weighted by molar-refractivity contribution is -0.384. The molecule has 0 saturated heterocycles. The van der Waals surface area contributed by atoms with Crippen LogP contribution < -0.4 is 14.8 Å². The number of amides is 1. The van der Waals surface area contributed by atoms with E-state index in [-0.39, 0.29) is 22.9 Å². The smallest absolute Gasteiger partial charge is 0.296 e. The summed E-state index contributed by atoms with van der Waals surface area (Å²) >= 11 is 0. The Balaban J connectivity index is 1.94. The summed E-state index contributed by atoms with van der Waals surface area (Å²) in [7, 11) is 0. The molecule has 1 N–H and O–H groups in total. The molecule has 3 aromatic rings. The zero-order valence-electron chi connectivity index (χ0n) is 16.3. The molecule has 0 aliphatic carbocycles. The van der Waals surface area contributed by atoms with E-state index in [1.807, 2.05) is 26.0 Å². The van der Waals surface area contributed by atoms with E-state index in [2.05, 4.69) is 5.32 Å². The number of nitrogens with zero attached hydrogens (tertiary/aromatic N) is 1. The van der Waals surface area contributed by atoms with Crippen LogP contribution in [0, 0.1) is 10.1 Å². The topological polar surface area (TPSA) is 104 Å². The lowest BCUT2D eigenvalue weighted by Crippen LogP contribution is -2.13. The SMILES string of the molecule is CCCOc1cc(NC(=O)c2cc3ccccc3o2)c([N+](=O)[O-])cc1OCCC. The molecule has 2 aromatic carbocycles. The molecule has 0 radical (unpaired) electrons. The van der Waals surface area contributed by atoms with Crippen molar-refractivity contribution in [2.45, 2.75) is 26.7 Å². The van der Waals surface area contributed by atoms with Crippen molar-refractivity contribution in [2.24, 2.45) is 0 Å². The molecule has 0 bridgehead atoms. The maximum absolute atomic E-state index is 12.6. The number of anilines is 1. The molecule has 0 aliphatic rings. The van der Waals surface area contributed by atoms with Gasteiger partial charge in [-0.05, 0) is 25.0 Å². The minimum absolute atomic E-state index is 0.00964. The van der Waals surface area contributed by atoms with Gasteiger partial charge in [-0.3, -0.25) is 14.9 Å². The quantitative estimate of drug-likeness (QED) is 0.394. The Hall–Kier alpha value is -3.55. The standard InChI is InChI=1S/C21H22N2O6/c1-3-9-27-18-12-15(16(23(25)26)13-19(18)28-10-4-2)22-21(24)20-11-14-7-5-6-8-17(14)29-20/h5-8,11-13H,3-4,9-10H2,1-2H3,(H,22,24). The van der Waals surface area contributed by atoms with Crippen LogP contribution in [0.4, 0.5) is 11.4 Å². The van der Waals surface area contributed by atoms with Crippen molar-refractivity contribution >= 4 is 28.3 Å². The van der Waals surface area contributed by atoms with Gasteiger partial charge in [0.1, 0.15) is 11.3 Å². The van der Waals surface area contributed by atoms with Gasteiger partial charge in [0.2, 0.25) is 0 Å². The Bertz CT molecular complexity index is 994. The first-order valence-electron chi connectivity index (χ1n) is 9.41. The fourth-order valence-electron chi connectivity index (χ4n) is 2.73. The van der Waals surface area contributed by atoms with Crippen molar-refractivity contribution in [1.29, 1.82) is 0 Å². The highest BCUT2D eigenvalue weighted by Gasteiger charge is 2.23. The van der Waals surface area contributed by atoms with E-state index in [1.165, 1.54) is 12.1 Å². The number of hydrogen-bond acceptors (Lipinski definition) is 6. The largest absolute Gasteiger partial charge is 0.490 e. The molecule has 1 aromatic heterocycles. The maximum atomic E-state index is 12.6. The van der Waals surface area contributed by atoms with Gasteiger partial charge in [0.15, 0.2) is 17.3 Å². The lowest BCUT2D eigenvalue weighted by Gasteiger charge is -2.14. The fraction of sp³-hybridized carbons (Fsp3) is 0.286. The summed E-state index contributed by atoms with van der Waals surface area (Å²) in [5.74, 6) is 0.0790. The summed E-state index contributed by atoms with van der Waals surface area (Å²) < 4.78 is 16.8. The highest BCUT2D eigenvalue weighted by molar-refractivity contribution is 6.05. The highest BCUT2D eigenvalue weighted by Crippen LogP contribution is 2.38. The van der Waals surface area contributed by atoms with Crippen LogP contribution in [0.3, 0.4) is 0 Å². The predicted octanol–water partition coefficient (Wildman–Crippen LogP) is 5.17. The minimum Gasteiger partial charge on any atom is -0.490 e. The molecule has 1 amide bonds. The molecule has 0 spiro atoms. The molecular formula is C21H22N2O6. The molecule has 1 heterocycles. The van der Waals surface area contributed by atoms with E-state index in [0.29, 0.717) is 24.5 Å². The third-order valence-corrected chi connectivity index (χ3v) is 4.08. The Morgan fingerprint density at radius 2 is 1.72 bits per heavy atom. The van der Waals surface area contributed by atoms with Crippen LogP contribution >= 0.6 is 0 Å². The number of furan rings is 1. The predicted molar refractivity (Wildman–Crippen MR) is 109 cm³/mol. The Labute approximate surface area is 167 Å². The van der Waals surface area contributed by atoms with Crippen LogP contribution in [0.5, 0.6) is 11.5 Å². The van der Waals surface area contributed by atoms with Crippen molar-refractivity contribution in [3.8, 4) is 11.5 Å². The van der Waals surface area contributed by atoms with Crippen LogP contribution in [0.15, 0.2) is 46.9 Å². The van der Waals surface area contributed by atoms with Crippen molar-refractivity contribution in [3.05, 3.63) is 58.3 Å². The van der Waals surface area contributed by atoms with Gasteiger partial charge in [-0.25, -0.2) is 0 Å². The van der Waals surface area contributed by atoms with Crippen LogP contribution in [-0.4, -0.2) is 24.0 Å². The summed E-state index contributed by atoms with van der Waals surface area (Å²) in [5.41, 5.74) is 0.280. The van der Waals surface area contributed by atoms with Gasteiger partial charge < -0.3 is 19.2 Å². The van der Waals surface area contributed by atoms with E-state index in [0.717, 1.165) is 18.2 Å². The van der Waals surface area contributed by atoms with E-state index < -0.39 is 10.8 Å². The number of carbonyl (C=O) groups is 1. The highest BCUT2D eigenvalue weighted by atomic mass is 16.6. The summed E-state index contributed by atoms with van der Waals surface area (Å²) in [4.78, 5) is 23.6. The van der Waals surface area contributed by atoms with Gasteiger partial charge in [0.05, 0.1) is 24.2 Å². The number of ether oxygens (including phenoxy) is 2. The molecule has 8 nitrogen and oxygen atoms in total. The number of nitrogens with one attached hydrogen (secondary N) is 1. The first-order chi connectivity index (χ1) is 14.0. The van der Waals surface area contributed by atoms with Gasteiger partial charge in [-0.15, -0.1) is 0 Å². The average Bonchev–Trinajstić information content (AvgIpc) is 3.15. The van der Waals surface area contributed by atoms with Crippen molar-refractivity contribution in [1.82, 2.24) is 0 Å². The zero-order valence-corrected chi connectivity index (χ0v) is 16.3. The second-order valence-electron chi connectivity index (χ2n) is 6.37. The third-order valence-electron chi connectivity index (χ3n) is 4.08. The molecular weight excluding hydrogens is 376 g/mol. The van der Waals surface area contributed by atoms with Crippen LogP contribution in [0.1, 0.15) is 37.2 Å². The molecule has 0 unspecified atom stereocenters. The first kappa shape index (κ1) is 20.2. The van der Waals surface area contributed by atoms with Gasteiger partial charge in [0, 0.05) is 11.5 Å². The normalized spacial score (nSPS) is 10.7. The molecule has 3 rings (SSSR count). The number of nitro groups is 1. The summed E-state index contributed by atoms with van der Waals surface area (Å²) in [6, 6.07) is 11.5. The van der Waals surface area contributed by atoms with Crippen LogP contribution in [0.25, 0.3) is 11.0 Å². The molecule has 0 fully saturated rings. The summed E-state index contributed by atoms with van der Waals surface area (Å²) in [6.45, 7) is 4.69. The first-order valence-corrected chi connectivity index (χ1v) is 9.41. The van der Waals surface area contributed by atoms with E-state index in [4.69, 9.17) is 13.9 Å². The zero-order chi connectivity index (χ0) is 20.8. The van der Waals surface area contributed by atoms with Gasteiger partial charge >= 0.3 is 0 Å². The number of benzene rings is 2. The summed E-state index contributed by atoms with van der Waals surface area (Å²) in [6.07, 6.45) is 1.50. The van der Waals surface area contributed by atoms with Gasteiger partial charge in [0.25, 0.3) is 11.6 Å². The Kier molecular flexibility index (Phi) is 6.33. The van der Waals surface area contributed by atoms with Crippen LogP contribution in [0.2, 0.25) is 0 Å². The van der Waals surface area contributed by atoms with Crippen molar-refractivity contribution in [3.63, 3.8) is 0 Å². The maximum Gasteiger partial charge on any atom is 0.296 e. The number of rotatable bonds is 9. The number of nitro benzene ring substituents is 1. The molecule has 0 aliphatic heterocycles. The number of carbonyl (C=O) groups excluding carboxylic acids is 1. The van der Waals surface area contributed by atoms with Crippen molar-refractivity contribution < 1.29 is 23.6 Å². The molecule has 152 valence electrons. The summed E-state index contributed by atoms with van der Waals surface area (Å²) in [5, 5.41) is 14.9. The van der Waals surface area contributed by atoms with E-state index in [1.54, 1.807) is 18.2 Å². The number of para-hydroxylation sites is 1. The van der Waals surface area contributed by atoms with Gasteiger partial charge in [-0.2, -0.15) is 0 Å². The second-order valence-corrected chi connectivity index (χ2v) is 6.37. The second kappa shape index (κ2) is 9.09. The Morgan fingerprint density at radius 3 is 2.34 bits per heavy atom. The number of hydrogen-bond donors (Lipinski definition) is 1. The van der Waals surface area contributed by atoms with E-state index in [9.17, 15) is 14.9 Å². The van der Waals surface area contributed by atoms with Crippen LogP contribution in [-0.2, 0) is 0 Å². The molecule has 0 atom stereocenters. The number of fused-ring (bicyclic) bond motifs is 1. The minimum atomic E-state index is -0.590. The van der Waals surface area contributed by atoms with E-state index >= 15 is 0 Å². The molecule has 0 saturated carbocycles. The monoisotopic (exact) mass is 398 g/mol. The van der Waals surface area contributed by atoms with Crippen molar-refractivity contribution in [2.75, 3.05) is 18.5 Å².